The maximum Gasteiger partial charge on any atom is 0.173 e. The molecule has 0 saturated heterocycles. The fourth-order valence-corrected chi connectivity index (χ4v) is 2.95. The zero-order chi connectivity index (χ0) is 14.5. The third kappa shape index (κ3) is 3.24. The molecule has 0 aliphatic heterocycles. The molecular formula is C16H24N2O2. The Labute approximate surface area is 120 Å². The number of hydrogen-bond donors (Lipinski definition) is 2. The predicted octanol–water partition coefficient (Wildman–Crippen LogP) is 3.44. The van der Waals surface area contributed by atoms with Gasteiger partial charge in [-0.2, -0.15) is 0 Å². The number of nitrogens with zero attached hydrogens (tertiary/aromatic N) is 1. The number of ether oxygens (including phenoxy) is 1. The van der Waals surface area contributed by atoms with Crippen molar-refractivity contribution < 1.29 is 9.94 Å². The number of hydrogen-bond acceptors (Lipinski definition) is 3. The van der Waals surface area contributed by atoms with Gasteiger partial charge in [0.25, 0.3) is 0 Å². The molecule has 0 spiro atoms. The molecule has 3 N–H and O–H groups in total. The van der Waals surface area contributed by atoms with E-state index in [-0.39, 0.29) is 11.9 Å². The van der Waals surface area contributed by atoms with Gasteiger partial charge in [-0.05, 0) is 43.7 Å². The lowest BCUT2D eigenvalue weighted by Gasteiger charge is -2.30. The van der Waals surface area contributed by atoms with E-state index < -0.39 is 0 Å². The maximum absolute atomic E-state index is 8.90. The van der Waals surface area contributed by atoms with Crippen LogP contribution in [0.5, 0.6) is 5.75 Å². The second kappa shape index (κ2) is 6.64. The van der Waals surface area contributed by atoms with Crippen LogP contribution in [0.25, 0.3) is 0 Å². The molecule has 2 unspecified atom stereocenters. The van der Waals surface area contributed by atoms with Crippen LogP contribution >= 0.6 is 0 Å². The first-order valence-electron chi connectivity index (χ1n) is 7.39. The molecule has 4 nitrogen and oxygen atoms in total. The fraction of sp³-hybridized carbons (Fsp3) is 0.562. The molecule has 1 aliphatic rings. The van der Waals surface area contributed by atoms with Crippen molar-refractivity contribution in [2.75, 3.05) is 0 Å². The van der Waals surface area contributed by atoms with Gasteiger partial charge < -0.3 is 15.7 Å². The molecule has 0 heterocycles. The summed E-state index contributed by atoms with van der Waals surface area (Å²) in [6.07, 6.45) is 6.15. The first-order valence-corrected chi connectivity index (χ1v) is 7.39. The fourth-order valence-electron chi connectivity index (χ4n) is 2.95. The molecule has 1 aliphatic carbocycles. The SMILES string of the molecule is CCC1CCCC(Oc2c(C)cccc2/C(N)=N/O)C1. The van der Waals surface area contributed by atoms with Crippen LogP contribution in [0.1, 0.15) is 50.2 Å². The highest BCUT2D eigenvalue weighted by Gasteiger charge is 2.24. The van der Waals surface area contributed by atoms with E-state index in [1.807, 2.05) is 25.1 Å². The monoisotopic (exact) mass is 276 g/mol. The topological polar surface area (TPSA) is 67.8 Å². The van der Waals surface area contributed by atoms with Gasteiger partial charge in [0.2, 0.25) is 0 Å². The molecule has 0 amide bonds. The van der Waals surface area contributed by atoms with Crippen LogP contribution in [0.4, 0.5) is 0 Å². The zero-order valence-corrected chi connectivity index (χ0v) is 12.3. The molecular weight excluding hydrogens is 252 g/mol. The summed E-state index contributed by atoms with van der Waals surface area (Å²) in [5.74, 6) is 1.61. The van der Waals surface area contributed by atoms with Gasteiger partial charge in [0.05, 0.1) is 11.7 Å². The summed E-state index contributed by atoms with van der Waals surface area (Å²) in [7, 11) is 0. The molecule has 0 radical (unpaired) electrons. The molecule has 0 bridgehead atoms. The van der Waals surface area contributed by atoms with Crippen molar-refractivity contribution >= 4 is 5.84 Å². The Morgan fingerprint density at radius 3 is 2.95 bits per heavy atom. The summed E-state index contributed by atoms with van der Waals surface area (Å²) in [6.45, 7) is 4.23. The number of rotatable bonds is 4. The van der Waals surface area contributed by atoms with Crippen LogP contribution in [-0.4, -0.2) is 17.1 Å². The van der Waals surface area contributed by atoms with E-state index in [1.54, 1.807) is 0 Å². The van der Waals surface area contributed by atoms with Crippen molar-refractivity contribution in [3.8, 4) is 5.75 Å². The molecule has 2 atom stereocenters. The Bertz CT molecular complexity index is 485. The summed E-state index contributed by atoms with van der Waals surface area (Å²) in [4.78, 5) is 0. The molecule has 110 valence electrons. The molecule has 1 saturated carbocycles. The van der Waals surface area contributed by atoms with Crippen molar-refractivity contribution in [2.45, 2.75) is 52.1 Å². The average molecular weight is 276 g/mol. The van der Waals surface area contributed by atoms with Gasteiger partial charge in [0.1, 0.15) is 5.75 Å². The van der Waals surface area contributed by atoms with E-state index in [1.165, 1.54) is 19.3 Å². The normalized spacial score (nSPS) is 23.6. The first-order chi connectivity index (χ1) is 9.65. The molecule has 2 rings (SSSR count). The summed E-state index contributed by atoms with van der Waals surface area (Å²) >= 11 is 0. The van der Waals surface area contributed by atoms with Crippen molar-refractivity contribution in [1.29, 1.82) is 0 Å². The van der Waals surface area contributed by atoms with Crippen molar-refractivity contribution in [1.82, 2.24) is 0 Å². The van der Waals surface area contributed by atoms with Crippen molar-refractivity contribution in [3.63, 3.8) is 0 Å². The molecule has 20 heavy (non-hydrogen) atoms. The van der Waals surface area contributed by atoms with Gasteiger partial charge in [-0.1, -0.05) is 37.1 Å². The second-order valence-corrected chi connectivity index (χ2v) is 5.62. The summed E-state index contributed by atoms with van der Waals surface area (Å²) in [5.41, 5.74) is 7.44. The average Bonchev–Trinajstić information content (AvgIpc) is 2.48. The van der Waals surface area contributed by atoms with Crippen LogP contribution in [0.3, 0.4) is 0 Å². The van der Waals surface area contributed by atoms with Gasteiger partial charge in [-0.15, -0.1) is 0 Å². The van der Waals surface area contributed by atoms with Crippen LogP contribution in [0, 0.1) is 12.8 Å². The van der Waals surface area contributed by atoms with Gasteiger partial charge >= 0.3 is 0 Å². The first kappa shape index (κ1) is 14.7. The lowest BCUT2D eigenvalue weighted by molar-refractivity contribution is 0.121. The lowest BCUT2D eigenvalue weighted by atomic mass is 9.85. The molecule has 1 aromatic rings. The minimum Gasteiger partial charge on any atom is -0.489 e. The Morgan fingerprint density at radius 1 is 1.45 bits per heavy atom. The van der Waals surface area contributed by atoms with Crippen molar-refractivity contribution in [3.05, 3.63) is 29.3 Å². The number of oxime groups is 1. The van der Waals surface area contributed by atoms with Crippen molar-refractivity contribution in [2.24, 2.45) is 16.8 Å². The minimum absolute atomic E-state index is 0.103. The number of aryl methyl sites for hydroxylation is 1. The molecule has 4 heteroatoms. The Hall–Kier alpha value is -1.71. The molecule has 0 aromatic heterocycles. The quantitative estimate of drug-likeness (QED) is 0.383. The zero-order valence-electron chi connectivity index (χ0n) is 12.3. The van der Waals surface area contributed by atoms with E-state index in [4.69, 9.17) is 15.7 Å². The number of benzene rings is 1. The highest BCUT2D eigenvalue weighted by molar-refractivity contribution is 5.99. The van der Waals surface area contributed by atoms with E-state index in [0.717, 1.165) is 30.1 Å². The van der Waals surface area contributed by atoms with Gasteiger partial charge in [-0.25, -0.2) is 0 Å². The number of amidine groups is 1. The highest BCUT2D eigenvalue weighted by atomic mass is 16.5. The Morgan fingerprint density at radius 2 is 2.25 bits per heavy atom. The number of para-hydroxylation sites is 1. The maximum atomic E-state index is 8.90. The third-order valence-corrected chi connectivity index (χ3v) is 4.19. The van der Waals surface area contributed by atoms with E-state index in [0.29, 0.717) is 5.56 Å². The van der Waals surface area contributed by atoms with Crippen LogP contribution in [0.2, 0.25) is 0 Å². The van der Waals surface area contributed by atoms with Gasteiger partial charge in [-0.3, -0.25) is 0 Å². The van der Waals surface area contributed by atoms with Crippen LogP contribution in [-0.2, 0) is 0 Å². The van der Waals surface area contributed by atoms with Gasteiger partial charge in [0, 0.05) is 0 Å². The van der Waals surface area contributed by atoms with E-state index >= 15 is 0 Å². The Kier molecular flexibility index (Phi) is 4.88. The largest absolute Gasteiger partial charge is 0.489 e. The highest BCUT2D eigenvalue weighted by Crippen LogP contribution is 2.32. The van der Waals surface area contributed by atoms with E-state index in [9.17, 15) is 0 Å². The standard InChI is InChI=1S/C16H24N2O2/c1-3-12-7-5-8-13(10-12)20-15-11(2)6-4-9-14(15)16(17)18-19/h4,6,9,12-13,19H,3,5,7-8,10H2,1-2H3,(H2,17,18). The third-order valence-electron chi connectivity index (χ3n) is 4.19. The smallest absolute Gasteiger partial charge is 0.173 e. The minimum atomic E-state index is 0.103. The molecule has 1 aromatic carbocycles. The van der Waals surface area contributed by atoms with Crippen LogP contribution in [0.15, 0.2) is 23.4 Å². The van der Waals surface area contributed by atoms with Gasteiger partial charge in [0.15, 0.2) is 5.84 Å². The summed E-state index contributed by atoms with van der Waals surface area (Å²) < 4.78 is 6.20. The predicted molar refractivity (Wildman–Crippen MR) is 80.4 cm³/mol. The summed E-state index contributed by atoms with van der Waals surface area (Å²) in [6, 6.07) is 5.71. The van der Waals surface area contributed by atoms with Crippen LogP contribution < -0.4 is 10.5 Å². The second-order valence-electron chi connectivity index (χ2n) is 5.62. The Balaban J connectivity index is 2.20. The van der Waals surface area contributed by atoms with E-state index in [2.05, 4.69) is 12.1 Å². The lowest BCUT2D eigenvalue weighted by Crippen LogP contribution is -2.27. The molecule has 1 fully saturated rings. The number of nitrogens with two attached hydrogens (primary N) is 1. The summed E-state index contributed by atoms with van der Waals surface area (Å²) in [5, 5.41) is 12.0.